The van der Waals surface area contributed by atoms with Crippen LogP contribution in [0.3, 0.4) is 0 Å². The van der Waals surface area contributed by atoms with Crippen molar-refractivity contribution in [3.63, 3.8) is 0 Å². The summed E-state index contributed by atoms with van der Waals surface area (Å²) in [5.41, 5.74) is -0.0346. The Bertz CT molecular complexity index is 1210. The number of aromatic hydroxyl groups is 1. The fraction of sp³-hybridized carbons (Fsp3) is 0.360. The van der Waals surface area contributed by atoms with Crippen molar-refractivity contribution < 1.29 is 24.2 Å². The molecule has 31 heavy (non-hydrogen) atoms. The maximum atomic E-state index is 13.1. The molecule has 0 fully saturated rings. The topological polar surface area (TPSA) is 97.0 Å². The molecular formula is C25H26O6. The third-order valence-electron chi connectivity index (χ3n) is 5.61. The summed E-state index contributed by atoms with van der Waals surface area (Å²) in [6.07, 6.45) is -0.200. The Morgan fingerprint density at radius 3 is 2.52 bits per heavy atom. The Labute approximate surface area is 180 Å². The number of Topliss-reactive ketones (excluding diaryl/α,β-unsaturated/α-hetero) is 1. The van der Waals surface area contributed by atoms with Crippen LogP contribution in [0.2, 0.25) is 0 Å². The normalized spacial score (nSPS) is 15.9. The number of carbonyl (C=O) groups excluding carboxylic acids is 1. The van der Waals surface area contributed by atoms with Gasteiger partial charge < -0.3 is 19.4 Å². The molecule has 3 aromatic rings. The number of phenols is 1. The Hall–Kier alpha value is -3.12. The lowest BCUT2D eigenvalue weighted by molar-refractivity contribution is -0.0225. The molecule has 2 heterocycles. The largest absolute Gasteiger partial charge is 0.507 e. The van der Waals surface area contributed by atoms with Crippen LogP contribution in [0.5, 0.6) is 11.5 Å². The van der Waals surface area contributed by atoms with Gasteiger partial charge in [-0.25, -0.2) is 4.79 Å². The minimum atomic E-state index is -1.18. The van der Waals surface area contributed by atoms with Gasteiger partial charge in [-0.05, 0) is 25.3 Å². The zero-order valence-corrected chi connectivity index (χ0v) is 18.1. The van der Waals surface area contributed by atoms with Crippen LogP contribution in [0.1, 0.15) is 50.0 Å². The van der Waals surface area contributed by atoms with E-state index in [9.17, 15) is 19.8 Å². The molecule has 0 bridgehead atoms. The molecule has 1 aromatic heterocycles. The molecule has 0 unspecified atom stereocenters. The number of rotatable bonds is 5. The van der Waals surface area contributed by atoms with Gasteiger partial charge in [-0.1, -0.05) is 44.2 Å². The van der Waals surface area contributed by atoms with E-state index < -0.39 is 17.3 Å². The van der Waals surface area contributed by atoms with Crippen molar-refractivity contribution in [3.8, 4) is 22.6 Å². The van der Waals surface area contributed by atoms with Crippen molar-refractivity contribution >= 4 is 16.8 Å². The summed E-state index contributed by atoms with van der Waals surface area (Å²) in [6.45, 7) is 7.07. The monoisotopic (exact) mass is 422 g/mol. The third-order valence-corrected chi connectivity index (χ3v) is 5.61. The maximum Gasteiger partial charge on any atom is 0.336 e. The van der Waals surface area contributed by atoms with E-state index in [0.717, 1.165) is 5.56 Å². The van der Waals surface area contributed by atoms with Crippen LogP contribution in [-0.4, -0.2) is 27.7 Å². The standard InChI is InChI=1S/C25H26O6/c1-13(2)10-17(26)21-22(28)16-11-18(25(3,4)29)30-23(16)20-15(12-19(27)31-24(20)21)14-8-6-5-7-9-14/h5-9,12-13,18,28-29H,10-11H2,1-4H3/t18-/m1/s1. The average Bonchev–Trinajstić information content (AvgIpc) is 3.14. The van der Waals surface area contributed by atoms with Crippen LogP contribution in [0.4, 0.5) is 0 Å². The number of ketones is 1. The second kappa shape index (κ2) is 7.54. The van der Waals surface area contributed by atoms with Crippen LogP contribution < -0.4 is 10.4 Å². The summed E-state index contributed by atoms with van der Waals surface area (Å²) in [5.74, 6) is -0.156. The van der Waals surface area contributed by atoms with E-state index in [-0.39, 0.29) is 41.4 Å². The van der Waals surface area contributed by atoms with E-state index in [1.54, 1.807) is 13.8 Å². The predicted molar refractivity (Wildman–Crippen MR) is 118 cm³/mol. The number of hydrogen-bond donors (Lipinski definition) is 2. The molecule has 0 aliphatic carbocycles. The first-order chi connectivity index (χ1) is 14.6. The van der Waals surface area contributed by atoms with Gasteiger partial charge in [-0.15, -0.1) is 0 Å². The van der Waals surface area contributed by atoms with E-state index in [1.165, 1.54) is 6.07 Å². The van der Waals surface area contributed by atoms with Crippen LogP contribution in [0.25, 0.3) is 22.1 Å². The molecule has 2 N–H and O–H groups in total. The first-order valence-electron chi connectivity index (χ1n) is 10.4. The van der Waals surface area contributed by atoms with Gasteiger partial charge in [0, 0.05) is 30.0 Å². The molecule has 1 aliphatic heterocycles. The molecule has 0 spiro atoms. The van der Waals surface area contributed by atoms with Gasteiger partial charge in [0.15, 0.2) is 11.4 Å². The van der Waals surface area contributed by atoms with Gasteiger partial charge in [-0.2, -0.15) is 0 Å². The summed E-state index contributed by atoms with van der Waals surface area (Å²) < 4.78 is 11.6. The molecule has 0 amide bonds. The van der Waals surface area contributed by atoms with Gasteiger partial charge in [0.25, 0.3) is 0 Å². The molecule has 0 saturated carbocycles. The Kier molecular flexibility index (Phi) is 5.13. The van der Waals surface area contributed by atoms with Crippen molar-refractivity contribution in [3.05, 3.63) is 57.9 Å². The number of carbonyl (C=O) groups is 1. The van der Waals surface area contributed by atoms with Crippen molar-refractivity contribution in [1.29, 1.82) is 0 Å². The van der Waals surface area contributed by atoms with E-state index >= 15 is 0 Å². The number of phenolic OH excluding ortho intramolecular Hbond substituents is 1. The fourth-order valence-corrected chi connectivity index (χ4v) is 4.07. The highest BCUT2D eigenvalue weighted by molar-refractivity contribution is 6.14. The van der Waals surface area contributed by atoms with E-state index in [1.807, 2.05) is 44.2 Å². The lowest BCUT2D eigenvalue weighted by Gasteiger charge is -2.24. The summed E-state index contributed by atoms with van der Waals surface area (Å²) in [7, 11) is 0. The zero-order valence-electron chi connectivity index (χ0n) is 18.1. The molecule has 6 heteroatoms. The molecule has 1 aliphatic rings. The first-order valence-corrected chi connectivity index (χ1v) is 10.4. The fourth-order valence-electron chi connectivity index (χ4n) is 4.07. The lowest BCUT2D eigenvalue weighted by Crippen LogP contribution is -2.39. The van der Waals surface area contributed by atoms with Crippen LogP contribution in [-0.2, 0) is 6.42 Å². The quantitative estimate of drug-likeness (QED) is 0.465. The molecule has 0 saturated heterocycles. The maximum absolute atomic E-state index is 13.1. The van der Waals surface area contributed by atoms with Crippen molar-refractivity contribution in [2.24, 2.45) is 5.92 Å². The number of hydrogen-bond acceptors (Lipinski definition) is 6. The summed E-state index contributed by atoms with van der Waals surface area (Å²) in [5, 5.41) is 22.1. The summed E-state index contributed by atoms with van der Waals surface area (Å²) in [4.78, 5) is 25.6. The summed E-state index contributed by atoms with van der Waals surface area (Å²) in [6, 6.07) is 10.6. The SMILES string of the molecule is CC(C)CC(=O)c1c(O)c2c(c3c(-c4ccccc4)cc(=O)oc13)O[C@@H](C(C)(C)O)C2. The minimum absolute atomic E-state index is 0.00247. The summed E-state index contributed by atoms with van der Waals surface area (Å²) >= 11 is 0. The van der Waals surface area contributed by atoms with Crippen LogP contribution in [0.15, 0.2) is 45.6 Å². The van der Waals surface area contributed by atoms with E-state index in [4.69, 9.17) is 9.15 Å². The van der Waals surface area contributed by atoms with Gasteiger partial charge in [0.2, 0.25) is 0 Å². The number of benzene rings is 2. The van der Waals surface area contributed by atoms with Gasteiger partial charge in [0.1, 0.15) is 23.2 Å². The molecule has 1 atom stereocenters. The molecule has 6 nitrogen and oxygen atoms in total. The Balaban J connectivity index is 2.10. The highest BCUT2D eigenvalue weighted by Gasteiger charge is 2.40. The molecule has 162 valence electrons. The van der Waals surface area contributed by atoms with Gasteiger partial charge in [-0.3, -0.25) is 4.79 Å². The highest BCUT2D eigenvalue weighted by Crippen LogP contribution is 2.49. The lowest BCUT2D eigenvalue weighted by atomic mass is 9.90. The Morgan fingerprint density at radius 2 is 1.90 bits per heavy atom. The van der Waals surface area contributed by atoms with Gasteiger partial charge in [0.05, 0.1) is 11.0 Å². The number of fused-ring (bicyclic) bond motifs is 3. The van der Waals surface area contributed by atoms with Crippen LogP contribution in [0, 0.1) is 5.92 Å². The first kappa shape index (κ1) is 21.1. The molecule has 4 rings (SSSR count). The van der Waals surface area contributed by atoms with E-state index in [2.05, 4.69) is 0 Å². The second-order valence-corrected chi connectivity index (χ2v) is 9.07. The average molecular weight is 422 g/mol. The van der Waals surface area contributed by atoms with Crippen LogP contribution >= 0.6 is 0 Å². The molecule has 0 radical (unpaired) electrons. The smallest absolute Gasteiger partial charge is 0.336 e. The molecular weight excluding hydrogens is 396 g/mol. The number of aliphatic hydroxyl groups is 1. The predicted octanol–water partition coefficient (Wildman–Crippen LogP) is 4.47. The minimum Gasteiger partial charge on any atom is -0.507 e. The van der Waals surface area contributed by atoms with E-state index in [0.29, 0.717) is 22.3 Å². The second-order valence-electron chi connectivity index (χ2n) is 9.07. The van der Waals surface area contributed by atoms with Crippen molar-refractivity contribution in [2.75, 3.05) is 0 Å². The zero-order chi connectivity index (χ0) is 22.5. The molecule has 2 aromatic carbocycles. The van der Waals surface area contributed by atoms with Gasteiger partial charge >= 0.3 is 5.63 Å². The van der Waals surface area contributed by atoms with Crippen molar-refractivity contribution in [1.82, 2.24) is 0 Å². The number of ether oxygens (including phenoxy) is 1. The van der Waals surface area contributed by atoms with Crippen molar-refractivity contribution in [2.45, 2.75) is 52.2 Å². The third kappa shape index (κ3) is 3.72. The highest BCUT2D eigenvalue weighted by atomic mass is 16.5. The Morgan fingerprint density at radius 1 is 1.23 bits per heavy atom.